The van der Waals surface area contributed by atoms with Gasteiger partial charge in [0.1, 0.15) is 0 Å². The van der Waals surface area contributed by atoms with Crippen molar-refractivity contribution in [2.24, 2.45) is 5.14 Å². The Morgan fingerprint density at radius 1 is 1.29 bits per heavy atom. The van der Waals surface area contributed by atoms with Gasteiger partial charge in [-0.1, -0.05) is 30.9 Å². The van der Waals surface area contributed by atoms with Crippen molar-refractivity contribution in [1.82, 2.24) is 5.32 Å². The number of carbonyl (C=O) groups excluding carboxylic acids is 1. The molecule has 0 atom stereocenters. The summed E-state index contributed by atoms with van der Waals surface area (Å²) in [6.07, 6.45) is 5.13. The quantitative estimate of drug-likeness (QED) is 0.892. The molecular weight excluding hydrogens is 312 g/mol. The molecule has 1 aromatic carbocycles. The van der Waals surface area contributed by atoms with Crippen molar-refractivity contribution >= 4 is 27.5 Å². The zero-order valence-corrected chi connectivity index (χ0v) is 13.4. The van der Waals surface area contributed by atoms with Gasteiger partial charge in [-0.15, -0.1) is 0 Å². The smallest absolute Gasteiger partial charge is 0.253 e. The highest BCUT2D eigenvalue weighted by Crippen LogP contribution is 2.28. The van der Waals surface area contributed by atoms with Crippen molar-refractivity contribution in [2.75, 3.05) is 0 Å². The molecule has 0 unspecified atom stereocenters. The zero-order valence-electron chi connectivity index (χ0n) is 11.9. The fourth-order valence-corrected chi connectivity index (χ4v) is 3.40. The highest BCUT2D eigenvalue weighted by atomic mass is 35.5. The second-order valence-electron chi connectivity index (χ2n) is 5.76. The predicted octanol–water partition coefficient (Wildman–Crippen LogP) is 2.44. The third-order valence-corrected chi connectivity index (χ3v) is 5.12. The normalized spacial score (nSPS) is 18.2. The molecule has 1 aromatic rings. The highest BCUT2D eigenvalue weighted by molar-refractivity contribution is 7.89. The van der Waals surface area contributed by atoms with Crippen LogP contribution in [0.3, 0.4) is 0 Å². The summed E-state index contributed by atoms with van der Waals surface area (Å²) in [7, 11) is -3.86. The lowest BCUT2D eigenvalue weighted by atomic mass is 9.83. The number of nitrogens with one attached hydrogen (secondary N) is 1. The molecule has 1 aliphatic carbocycles. The maximum Gasteiger partial charge on any atom is 0.253 e. The van der Waals surface area contributed by atoms with Crippen LogP contribution in [0.5, 0.6) is 0 Å². The van der Waals surface area contributed by atoms with Gasteiger partial charge >= 0.3 is 0 Å². The van der Waals surface area contributed by atoms with E-state index in [4.69, 9.17) is 16.7 Å². The van der Waals surface area contributed by atoms with Gasteiger partial charge in [0.2, 0.25) is 10.0 Å². The van der Waals surface area contributed by atoms with Gasteiger partial charge in [-0.05, 0) is 38.0 Å². The summed E-state index contributed by atoms with van der Waals surface area (Å²) in [5, 5.41) is 8.26. The van der Waals surface area contributed by atoms with Crippen molar-refractivity contribution < 1.29 is 13.2 Å². The zero-order chi connectivity index (χ0) is 15.7. The Hall–Kier alpha value is -1.11. The van der Waals surface area contributed by atoms with E-state index >= 15 is 0 Å². The van der Waals surface area contributed by atoms with E-state index in [9.17, 15) is 13.2 Å². The topological polar surface area (TPSA) is 89.3 Å². The molecule has 0 aliphatic heterocycles. The molecule has 0 heterocycles. The molecule has 0 radical (unpaired) electrons. The molecule has 0 spiro atoms. The molecule has 1 fully saturated rings. The van der Waals surface area contributed by atoms with E-state index in [1.54, 1.807) is 0 Å². The van der Waals surface area contributed by atoms with Crippen molar-refractivity contribution in [3.05, 3.63) is 28.8 Å². The van der Waals surface area contributed by atoms with E-state index in [0.29, 0.717) is 0 Å². The van der Waals surface area contributed by atoms with Crippen LogP contribution in [-0.2, 0) is 10.0 Å². The summed E-state index contributed by atoms with van der Waals surface area (Å²) < 4.78 is 22.8. The van der Waals surface area contributed by atoms with Gasteiger partial charge in [0.05, 0.1) is 15.5 Å². The van der Waals surface area contributed by atoms with Crippen LogP contribution in [0, 0.1) is 0 Å². The lowest BCUT2D eigenvalue weighted by Gasteiger charge is -2.34. The van der Waals surface area contributed by atoms with Crippen LogP contribution >= 0.6 is 11.6 Å². The minimum Gasteiger partial charge on any atom is -0.347 e. The van der Waals surface area contributed by atoms with Crippen LogP contribution in [0.4, 0.5) is 0 Å². The monoisotopic (exact) mass is 330 g/mol. The van der Waals surface area contributed by atoms with E-state index in [1.165, 1.54) is 24.6 Å². The van der Waals surface area contributed by atoms with Crippen LogP contribution in [-0.4, -0.2) is 19.9 Å². The summed E-state index contributed by atoms with van der Waals surface area (Å²) in [4.78, 5) is 12.3. The SMILES string of the molecule is CC1(NC(=O)c2cc(S(N)(=O)=O)ccc2Cl)CCCCC1. The van der Waals surface area contributed by atoms with Gasteiger partial charge in [0.25, 0.3) is 5.91 Å². The second kappa shape index (κ2) is 5.94. The average Bonchev–Trinajstić information content (AvgIpc) is 2.38. The molecule has 116 valence electrons. The Balaban J connectivity index is 2.26. The van der Waals surface area contributed by atoms with Crippen molar-refractivity contribution in [2.45, 2.75) is 49.5 Å². The maximum absolute atomic E-state index is 12.4. The summed E-state index contributed by atoms with van der Waals surface area (Å²) >= 11 is 6.01. The average molecular weight is 331 g/mol. The Kier molecular flexibility index (Phi) is 4.60. The number of amides is 1. The molecule has 0 saturated heterocycles. The molecule has 7 heteroatoms. The Morgan fingerprint density at radius 3 is 2.48 bits per heavy atom. The van der Waals surface area contributed by atoms with Gasteiger partial charge in [0, 0.05) is 5.54 Å². The number of halogens is 1. The summed E-state index contributed by atoms with van der Waals surface area (Å²) in [6.45, 7) is 2.00. The van der Waals surface area contributed by atoms with Crippen molar-refractivity contribution in [3.8, 4) is 0 Å². The van der Waals surface area contributed by atoms with E-state index in [2.05, 4.69) is 5.32 Å². The molecule has 0 bridgehead atoms. The Bertz CT molecular complexity index is 652. The highest BCUT2D eigenvalue weighted by Gasteiger charge is 2.29. The fourth-order valence-electron chi connectivity index (χ4n) is 2.65. The van der Waals surface area contributed by atoms with Crippen LogP contribution < -0.4 is 10.5 Å². The van der Waals surface area contributed by atoms with Crippen molar-refractivity contribution in [3.63, 3.8) is 0 Å². The molecule has 21 heavy (non-hydrogen) atoms. The van der Waals surface area contributed by atoms with Crippen LogP contribution in [0.15, 0.2) is 23.1 Å². The Morgan fingerprint density at radius 2 is 1.90 bits per heavy atom. The largest absolute Gasteiger partial charge is 0.347 e. The molecular formula is C14H19ClN2O3S. The van der Waals surface area contributed by atoms with Crippen LogP contribution in [0.2, 0.25) is 5.02 Å². The molecule has 0 aromatic heterocycles. The van der Waals surface area contributed by atoms with Crippen LogP contribution in [0.25, 0.3) is 0 Å². The summed E-state index contributed by atoms with van der Waals surface area (Å²) in [5.74, 6) is -0.366. The lowest BCUT2D eigenvalue weighted by Crippen LogP contribution is -2.47. The third-order valence-electron chi connectivity index (χ3n) is 3.88. The van der Waals surface area contributed by atoms with Gasteiger partial charge in [-0.2, -0.15) is 0 Å². The number of carbonyl (C=O) groups is 1. The number of rotatable bonds is 3. The predicted molar refractivity (Wildman–Crippen MR) is 81.8 cm³/mol. The number of hydrogen-bond donors (Lipinski definition) is 2. The van der Waals surface area contributed by atoms with Crippen LogP contribution in [0.1, 0.15) is 49.4 Å². The third kappa shape index (κ3) is 3.96. The summed E-state index contributed by atoms with van der Waals surface area (Å²) in [6, 6.07) is 3.88. The molecule has 2 rings (SSSR count). The van der Waals surface area contributed by atoms with E-state index < -0.39 is 10.0 Å². The Labute approximate surface area is 129 Å². The van der Waals surface area contributed by atoms with Gasteiger partial charge in [-0.3, -0.25) is 4.79 Å². The molecule has 1 aliphatic rings. The first-order chi connectivity index (χ1) is 9.71. The summed E-state index contributed by atoms with van der Waals surface area (Å²) in [5.41, 5.74) is -0.133. The lowest BCUT2D eigenvalue weighted by molar-refractivity contribution is 0.0882. The van der Waals surface area contributed by atoms with Crippen molar-refractivity contribution in [1.29, 1.82) is 0 Å². The van der Waals surface area contributed by atoms with E-state index in [-0.39, 0.29) is 26.9 Å². The van der Waals surface area contributed by atoms with Gasteiger partial charge < -0.3 is 5.32 Å². The number of sulfonamides is 1. The van der Waals surface area contributed by atoms with Gasteiger partial charge in [-0.25, -0.2) is 13.6 Å². The minimum atomic E-state index is -3.86. The fraction of sp³-hybridized carbons (Fsp3) is 0.500. The van der Waals surface area contributed by atoms with E-state index in [0.717, 1.165) is 25.7 Å². The standard InChI is InChI=1S/C14H19ClN2O3S/c1-14(7-3-2-4-8-14)17-13(18)11-9-10(21(16,19)20)5-6-12(11)15/h5-6,9H,2-4,7-8H2,1H3,(H,17,18)(H2,16,19,20). The molecule has 1 amide bonds. The number of primary sulfonamides is 1. The molecule has 1 saturated carbocycles. The molecule has 5 nitrogen and oxygen atoms in total. The number of hydrogen-bond acceptors (Lipinski definition) is 3. The first-order valence-corrected chi connectivity index (χ1v) is 8.79. The number of nitrogens with two attached hydrogens (primary N) is 1. The maximum atomic E-state index is 12.4. The molecule has 3 N–H and O–H groups in total. The first kappa shape index (κ1) is 16.3. The first-order valence-electron chi connectivity index (χ1n) is 6.86. The van der Waals surface area contributed by atoms with Gasteiger partial charge in [0.15, 0.2) is 0 Å². The minimum absolute atomic E-state index is 0.120. The number of benzene rings is 1. The second-order valence-corrected chi connectivity index (χ2v) is 7.73. The van der Waals surface area contributed by atoms with E-state index in [1.807, 2.05) is 6.92 Å².